The highest BCUT2D eigenvalue weighted by atomic mass is 32.2. The summed E-state index contributed by atoms with van der Waals surface area (Å²) >= 11 is 0. The molecule has 1 aromatic rings. The molecule has 0 aromatic heterocycles. The van der Waals surface area contributed by atoms with Gasteiger partial charge in [-0.25, -0.2) is 8.42 Å². The molecule has 1 atom stereocenters. The summed E-state index contributed by atoms with van der Waals surface area (Å²) < 4.78 is 26.7. The van der Waals surface area contributed by atoms with Crippen molar-refractivity contribution in [2.24, 2.45) is 0 Å². The van der Waals surface area contributed by atoms with Crippen LogP contribution in [0.25, 0.3) is 0 Å². The van der Waals surface area contributed by atoms with Crippen LogP contribution in [0.2, 0.25) is 0 Å². The molecule has 0 saturated carbocycles. The van der Waals surface area contributed by atoms with Gasteiger partial charge in [0.15, 0.2) is 0 Å². The fraction of sp³-hybridized carbons (Fsp3) is 0.462. The highest BCUT2D eigenvalue weighted by Gasteiger charge is 2.37. The number of hydrogen-bond acceptors (Lipinski definition) is 3. The number of piperazine rings is 1. The number of hydrogen-bond donors (Lipinski definition) is 1. The lowest BCUT2D eigenvalue weighted by atomic mass is 10.2. The van der Waals surface area contributed by atoms with Crippen molar-refractivity contribution in [2.75, 3.05) is 13.1 Å². The van der Waals surface area contributed by atoms with Gasteiger partial charge in [0.2, 0.25) is 15.9 Å². The predicted molar refractivity (Wildman–Crippen MR) is 72.2 cm³/mol. The van der Waals surface area contributed by atoms with Gasteiger partial charge in [-0.15, -0.1) is 0 Å². The maximum atomic E-state index is 12.7. The molecule has 0 spiro atoms. The molecule has 6 heteroatoms. The number of carbonyl (C=O) groups excluding carboxylic acids is 1. The van der Waals surface area contributed by atoms with Crippen LogP contribution in [-0.4, -0.2) is 37.8 Å². The number of amides is 1. The normalized spacial score (nSPS) is 21.2. The van der Waals surface area contributed by atoms with Crippen LogP contribution in [-0.2, 0) is 14.8 Å². The Morgan fingerprint density at radius 2 is 2.05 bits per heavy atom. The zero-order chi connectivity index (χ0) is 14.0. The third kappa shape index (κ3) is 2.50. The van der Waals surface area contributed by atoms with Gasteiger partial charge < -0.3 is 5.32 Å². The van der Waals surface area contributed by atoms with Gasteiger partial charge in [-0.2, -0.15) is 4.31 Å². The van der Waals surface area contributed by atoms with Gasteiger partial charge in [-0.05, 0) is 25.0 Å². The van der Waals surface area contributed by atoms with Gasteiger partial charge in [-0.1, -0.05) is 25.1 Å². The molecule has 1 saturated heterocycles. The first-order chi connectivity index (χ1) is 8.98. The average Bonchev–Trinajstić information content (AvgIpc) is 2.38. The predicted octanol–water partition coefficient (Wildman–Crippen LogP) is 0.894. The van der Waals surface area contributed by atoms with E-state index in [9.17, 15) is 13.2 Å². The smallest absolute Gasteiger partial charge is 0.244 e. The molecule has 1 N–H and O–H groups in total. The van der Waals surface area contributed by atoms with E-state index in [4.69, 9.17) is 0 Å². The number of nitrogens with zero attached hydrogens (tertiary/aromatic N) is 1. The van der Waals surface area contributed by atoms with Crippen LogP contribution in [0.3, 0.4) is 0 Å². The maximum Gasteiger partial charge on any atom is 0.244 e. The number of nitrogens with one attached hydrogen (secondary N) is 1. The van der Waals surface area contributed by atoms with Crippen molar-refractivity contribution >= 4 is 15.9 Å². The molecule has 1 aromatic carbocycles. The van der Waals surface area contributed by atoms with Gasteiger partial charge in [0.1, 0.15) is 6.04 Å². The van der Waals surface area contributed by atoms with Crippen molar-refractivity contribution in [2.45, 2.75) is 31.2 Å². The van der Waals surface area contributed by atoms with E-state index in [0.717, 1.165) is 0 Å². The topological polar surface area (TPSA) is 66.5 Å². The van der Waals surface area contributed by atoms with Crippen LogP contribution in [0.5, 0.6) is 0 Å². The van der Waals surface area contributed by atoms with E-state index < -0.39 is 16.1 Å². The zero-order valence-electron chi connectivity index (χ0n) is 11.1. The summed E-state index contributed by atoms with van der Waals surface area (Å²) in [6, 6.07) is 6.24. The number of carbonyl (C=O) groups is 1. The van der Waals surface area contributed by atoms with Gasteiger partial charge in [-0.3, -0.25) is 4.79 Å². The summed E-state index contributed by atoms with van der Waals surface area (Å²) in [5, 5.41) is 2.71. The molecule has 104 valence electrons. The molecule has 1 amide bonds. The van der Waals surface area contributed by atoms with Crippen molar-refractivity contribution in [3.8, 4) is 0 Å². The Morgan fingerprint density at radius 1 is 1.37 bits per heavy atom. The van der Waals surface area contributed by atoms with E-state index >= 15 is 0 Å². The summed E-state index contributed by atoms with van der Waals surface area (Å²) in [5.41, 5.74) is 0.698. The molecule has 2 rings (SSSR count). The Morgan fingerprint density at radius 3 is 2.68 bits per heavy atom. The van der Waals surface area contributed by atoms with Gasteiger partial charge in [0.05, 0.1) is 4.90 Å². The van der Waals surface area contributed by atoms with Crippen LogP contribution in [0.4, 0.5) is 0 Å². The van der Waals surface area contributed by atoms with Crippen LogP contribution in [0, 0.1) is 6.92 Å². The molecular weight excluding hydrogens is 264 g/mol. The molecule has 1 fully saturated rings. The Kier molecular flexibility index (Phi) is 3.91. The number of aryl methyl sites for hydroxylation is 1. The summed E-state index contributed by atoms with van der Waals surface area (Å²) in [4.78, 5) is 12.1. The lowest BCUT2D eigenvalue weighted by Crippen LogP contribution is -2.56. The first-order valence-corrected chi connectivity index (χ1v) is 7.77. The Balaban J connectivity index is 2.44. The average molecular weight is 282 g/mol. The van der Waals surface area contributed by atoms with Crippen LogP contribution in [0.15, 0.2) is 29.2 Å². The fourth-order valence-corrected chi connectivity index (χ4v) is 4.23. The molecular formula is C13H18N2O3S. The second-order valence-corrected chi connectivity index (χ2v) is 6.46. The van der Waals surface area contributed by atoms with Gasteiger partial charge in [0, 0.05) is 13.1 Å². The third-order valence-electron chi connectivity index (χ3n) is 3.35. The van der Waals surface area contributed by atoms with Crippen molar-refractivity contribution < 1.29 is 13.2 Å². The first kappa shape index (κ1) is 14.0. The lowest BCUT2D eigenvalue weighted by Gasteiger charge is -2.33. The van der Waals surface area contributed by atoms with Crippen LogP contribution >= 0.6 is 0 Å². The Labute approximate surface area is 113 Å². The van der Waals surface area contributed by atoms with E-state index in [2.05, 4.69) is 5.32 Å². The van der Waals surface area contributed by atoms with Crippen molar-refractivity contribution in [1.82, 2.24) is 9.62 Å². The SMILES string of the molecule is CCC1C(=O)NCCN1S(=O)(=O)c1ccccc1C. The molecule has 5 nitrogen and oxygen atoms in total. The maximum absolute atomic E-state index is 12.7. The molecule has 0 aliphatic carbocycles. The van der Waals surface area contributed by atoms with E-state index in [1.54, 1.807) is 31.2 Å². The standard InChI is InChI=1S/C13H18N2O3S/c1-3-11-13(16)14-8-9-15(11)19(17,18)12-7-5-4-6-10(12)2/h4-7,11H,3,8-9H2,1-2H3,(H,14,16). The zero-order valence-corrected chi connectivity index (χ0v) is 11.9. The molecule has 0 bridgehead atoms. The van der Waals surface area contributed by atoms with Gasteiger partial charge >= 0.3 is 0 Å². The minimum Gasteiger partial charge on any atom is -0.353 e. The van der Waals surface area contributed by atoms with Crippen LogP contribution < -0.4 is 5.32 Å². The van der Waals surface area contributed by atoms with Crippen molar-refractivity contribution in [1.29, 1.82) is 0 Å². The molecule has 1 aliphatic heterocycles. The summed E-state index contributed by atoms with van der Waals surface area (Å²) in [7, 11) is -3.61. The highest BCUT2D eigenvalue weighted by Crippen LogP contribution is 2.23. The quantitative estimate of drug-likeness (QED) is 0.895. The summed E-state index contributed by atoms with van der Waals surface area (Å²) in [6.07, 6.45) is 0.469. The molecule has 1 aliphatic rings. The third-order valence-corrected chi connectivity index (χ3v) is 5.42. The lowest BCUT2D eigenvalue weighted by molar-refractivity contribution is -0.126. The second-order valence-electron chi connectivity index (χ2n) is 4.60. The summed E-state index contributed by atoms with van der Waals surface area (Å²) in [5.74, 6) is -0.217. The summed E-state index contributed by atoms with van der Waals surface area (Å²) in [6.45, 7) is 4.26. The highest BCUT2D eigenvalue weighted by molar-refractivity contribution is 7.89. The van der Waals surface area contributed by atoms with E-state index in [1.807, 2.05) is 6.92 Å². The fourth-order valence-electron chi connectivity index (χ4n) is 2.34. The monoisotopic (exact) mass is 282 g/mol. The minimum atomic E-state index is -3.61. The number of rotatable bonds is 3. The molecule has 0 radical (unpaired) electrons. The molecule has 1 heterocycles. The van der Waals surface area contributed by atoms with E-state index in [-0.39, 0.29) is 10.8 Å². The number of sulfonamides is 1. The Hall–Kier alpha value is -1.40. The van der Waals surface area contributed by atoms with Crippen LogP contribution in [0.1, 0.15) is 18.9 Å². The largest absolute Gasteiger partial charge is 0.353 e. The number of benzene rings is 1. The molecule has 1 unspecified atom stereocenters. The minimum absolute atomic E-state index is 0.217. The van der Waals surface area contributed by atoms with Gasteiger partial charge in [0.25, 0.3) is 0 Å². The Bertz CT molecular complexity index is 583. The molecule has 19 heavy (non-hydrogen) atoms. The van der Waals surface area contributed by atoms with Crippen molar-refractivity contribution in [3.63, 3.8) is 0 Å². The van der Waals surface area contributed by atoms with E-state index in [1.165, 1.54) is 4.31 Å². The van der Waals surface area contributed by atoms with Crippen molar-refractivity contribution in [3.05, 3.63) is 29.8 Å². The second kappa shape index (κ2) is 5.30. The first-order valence-electron chi connectivity index (χ1n) is 6.33. The van der Waals surface area contributed by atoms with E-state index in [0.29, 0.717) is 25.1 Å².